The monoisotopic (exact) mass is 367 g/mol. The summed E-state index contributed by atoms with van der Waals surface area (Å²) in [5, 5.41) is 6.48. The van der Waals surface area contributed by atoms with Crippen molar-refractivity contribution in [2.45, 2.75) is 32.9 Å². The standard InChI is InChI=1S/C21H25N3O3/c1-13-18(17-6-7-22-9-16(17)10-23-13)11-24-21(25)15-8-14-4-3-5-19(26-2)20(14)27-12-15/h3-5,10,15,22H,6-9,11-12H2,1-2H3,(H,24,25)/t15-/m1/s1. The van der Waals surface area contributed by atoms with E-state index in [1.807, 2.05) is 31.3 Å². The number of ether oxygens (including phenoxy) is 2. The van der Waals surface area contributed by atoms with Crippen LogP contribution in [-0.2, 0) is 30.7 Å². The number of amides is 1. The zero-order chi connectivity index (χ0) is 18.8. The molecule has 0 radical (unpaired) electrons. The molecule has 0 saturated heterocycles. The lowest BCUT2D eigenvalue weighted by Crippen LogP contribution is -2.37. The number of benzene rings is 1. The van der Waals surface area contributed by atoms with Gasteiger partial charge >= 0.3 is 0 Å². The van der Waals surface area contributed by atoms with Gasteiger partial charge in [-0.25, -0.2) is 0 Å². The summed E-state index contributed by atoms with van der Waals surface area (Å²) in [5.41, 5.74) is 5.73. The molecule has 0 unspecified atom stereocenters. The molecule has 142 valence electrons. The van der Waals surface area contributed by atoms with Gasteiger partial charge in [-0.15, -0.1) is 0 Å². The minimum absolute atomic E-state index is 0.0226. The number of aryl methyl sites for hydroxylation is 1. The molecule has 3 heterocycles. The molecule has 6 heteroatoms. The maximum atomic E-state index is 12.8. The minimum Gasteiger partial charge on any atom is -0.493 e. The molecular formula is C21H25N3O3. The number of methoxy groups -OCH3 is 1. The summed E-state index contributed by atoms with van der Waals surface area (Å²) in [6.07, 6.45) is 3.58. The smallest absolute Gasteiger partial charge is 0.227 e. The Morgan fingerprint density at radius 3 is 3.15 bits per heavy atom. The molecule has 2 aliphatic heterocycles. The molecule has 1 atom stereocenters. The van der Waals surface area contributed by atoms with Crippen LogP contribution in [0.4, 0.5) is 0 Å². The van der Waals surface area contributed by atoms with Gasteiger partial charge in [0.15, 0.2) is 11.5 Å². The highest BCUT2D eigenvalue weighted by molar-refractivity contribution is 5.79. The van der Waals surface area contributed by atoms with Crippen LogP contribution >= 0.6 is 0 Å². The van der Waals surface area contributed by atoms with Crippen molar-refractivity contribution >= 4 is 5.91 Å². The van der Waals surface area contributed by atoms with Crippen molar-refractivity contribution in [3.8, 4) is 11.5 Å². The Morgan fingerprint density at radius 1 is 1.41 bits per heavy atom. The number of carbonyl (C=O) groups excluding carboxylic acids is 1. The zero-order valence-electron chi connectivity index (χ0n) is 15.8. The second-order valence-electron chi connectivity index (χ2n) is 7.13. The summed E-state index contributed by atoms with van der Waals surface area (Å²) in [5.74, 6) is 1.31. The lowest BCUT2D eigenvalue weighted by atomic mass is 9.94. The fourth-order valence-electron chi connectivity index (χ4n) is 3.92. The first kappa shape index (κ1) is 17.8. The summed E-state index contributed by atoms with van der Waals surface area (Å²) in [4.78, 5) is 17.3. The summed E-state index contributed by atoms with van der Waals surface area (Å²) in [6.45, 7) is 4.71. The molecule has 1 aromatic heterocycles. The van der Waals surface area contributed by atoms with E-state index in [1.165, 1.54) is 11.1 Å². The summed E-state index contributed by atoms with van der Waals surface area (Å²) >= 11 is 0. The van der Waals surface area contributed by atoms with E-state index in [-0.39, 0.29) is 11.8 Å². The summed E-state index contributed by atoms with van der Waals surface area (Å²) in [7, 11) is 1.63. The lowest BCUT2D eigenvalue weighted by molar-refractivity contribution is -0.126. The van der Waals surface area contributed by atoms with Crippen LogP contribution in [0, 0.1) is 12.8 Å². The van der Waals surface area contributed by atoms with Gasteiger partial charge in [0.1, 0.15) is 6.61 Å². The highest BCUT2D eigenvalue weighted by Gasteiger charge is 2.28. The van der Waals surface area contributed by atoms with E-state index in [4.69, 9.17) is 9.47 Å². The molecule has 1 aromatic carbocycles. The number of nitrogens with one attached hydrogen (secondary N) is 2. The fourth-order valence-corrected chi connectivity index (χ4v) is 3.92. The van der Waals surface area contributed by atoms with E-state index in [1.54, 1.807) is 7.11 Å². The maximum absolute atomic E-state index is 12.8. The van der Waals surface area contributed by atoms with Crippen molar-refractivity contribution < 1.29 is 14.3 Å². The molecule has 2 N–H and O–H groups in total. The molecule has 0 saturated carbocycles. The van der Waals surface area contributed by atoms with Gasteiger partial charge in [-0.1, -0.05) is 12.1 Å². The van der Waals surface area contributed by atoms with E-state index in [0.29, 0.717) is 19.6 Å². The minimum atomic E-state index is -0.195. The van der Waals surface area contributed by atoms with E-state index in [0.717, 1.165) is 47.8 Å². The average Bonchev–Trinajstić information content (AvgIpc) is 2.72. The zero-order valence-corrected chi connectivity index (χ0v) is 15.8. The molecule has 0 bridgehead atoms. The molecule has 27 heavy (non-hydrogen) atoms. The van der Waals surface area contributed by atoms with Crippen LogP contribution in [0.2, 0.25) is 0 Å². The molecule has 0 spiro atoms. The number of nitrogens with zero attached hydrogens (tertiary/aromatic N) is 1. The SMILES string of the molecule is COc1cccc2c1OC[C@H](C(=O)NCc1c(C)ncc3c1CCNC3)C2. The number of aromatic nitrogens is 1. The van der Waals surface area contributed by atoms with Gasteiger partial charge in [0.25, 0.3) is 0 Å². The van der Waals surface area contributed by atoms with Crippen molar-refractivity contribution in [1.82, 2.24) is 15.6 Å². The molecule has 2 aliphatic rings. The number of hydrogen-bond donors (Lipinski definition) is 2. The highest BCUT2D eigenvalue weighted by atomic mass is 16.5. The third-order valence-electron chi connectivity index (χ3n) is 5.46. The van der Waals surface area contributed by atoms with Crippen molar-refractivity contribution in [2.75, 3.05) is 20.3 Å². The second-order valence-corrected chi connectivity index (χ2v) is 7.13. The average molecular weight is 367 g/mol. The van der Waals surface area contributed by atoms with Crippen LogP contribution in [0.15, 0.2) is 24.4 Å². The predicted molar refractivity (Wildman–Crippen MR) is 102 cm³/mol. The number of rotatable bonds is 4. The Kier molecular flexibility index (Phi) is 4.99. The number of hydrogen-bond acceptors (Lipinski definition) is 5. The van der Waals surface area contributed by atoms with Crippen LogP contribution in [0.5, 0.6) is 11.5 Å². The van der Waals surface area contributed by atoms with Crippen LogP contribution < -0.4 is 20.1 Å². The van der Waals surface area contributed by atoms with Crippen molar-refractivity contribution in [1.29, 1.82) is 0 Å². The second kappa shape index (κ2) is 7.56. The van der Waals surface area contributed by atoms with Gasteiger partial charge in [0.2, 0.25) is 5.91 Å². The third kappa shape index (κ3) is 3.49. The Hall–Kier alpha value is -2.60. The van der Waals surface area contributed by atoms with E-state index >= 15 is 0 Å². The third-order valence-corrected chi connectivity index (χ3v) is 5.46. The lowest BCUT2D eigenvalue weighted by Gasteiger charge is -2.26. The van der Waals surface area contributed by atoms with Gasteiger partial charge in [-0.2, -0.15) is 0 Å². The van der Waals surface area contributed by atoms with Crippen molar-refractivity contribution in [3.05, 3.63) is 52.3 Å². The van der Waals surface area contributed by atoms with Gasteiger partial charge in [-0.05, 0) is 54.6 Å². The Morgan fingerprint density at radius 2 is 2.30 bits per heavy atom. The van der Waals surface area contributed by atoms with Gasteiger partial charge in [0.05, 0.1) is 13.0 Å². The number of fused-ring (bicyclic) bond motifs is 2. The van der Waals surface area contributed by atoms with Crippen molar-refractivity contribution in [3.63, 3.8) is 0 Å². The van der Waals surface area contributed by atoms with Crippen LogP contribution in [0.25, 0.3) is 0 Å². The van der Waals surface area contributed by atoms with Gasteiger partial charge in [0, 0.05) is 25.0 Å². The summed E-state index contributed by atoms with van der Waals surface area (Å²) < 4.78 is 11.2. The molecule has 0 fully saturated rings. The van der Waals surface area contributed by atoms with E-state index in [9.17, 15) is 4.79 Å². The highest BCUT2D eigenvalue weighted by Crippen LogP contribution is 2.36. The molecule has 4 rings (SSSR count). The largest absolute Gasteiger partial charge is 0.493 e. The van der Waals surface area contributed by atoms with Crippen LogP contribution in [0.3, 0.4) is 0 Å². The molecule has 6 nitrogen and oxygen atoms in total. The number of carbonyl (C=O) groups is 1. The van der Waals surface area contributed by atoms with Crippen LogP contribution in [0.1, 0.15) is 27.9 Å². The molecule has 1 amide bonds. The van der Waals surface area contributed by atoms with Gasteiger partial charge < -0.3 is 20.1 Å². The van der Waals surface area contributed by atoms with Gasteiger partial charge in [-0.3, -0.25) is 9.78 Å². The van der Waals surface area contributed by atoms with E-state index < -0.39 is 0 Å². The quantitative estimate of drug-likeness (QED) is 0.864. The fraction of sp³-hybridized carbons (Fsp3) is 0.429. The molecular weight excluding hydrogens is 342 g/mol. The Labute approximate surface area is 159 Å². The maximum Gasteiger partial charge on any atom is 0.227 e. The van der Waals surface area contributed by atoms with Crippen LogP contribution in [-0.4, -0.2) is 31.2 Å². The first-order valence-corrected chi connectivity index (χ1v) is 9.40. The first-order chi connectivity index (χ1) is 13.2. The Balaban J connectivity index is 1.45. The number of para-hydroxylation sites is 1. The first-order valence-electron chi connectivity index (χ1n) is 9.40. The molecule has 0 aliphatic carbocycles. The van der Waals surface area contributed by atoms with E-state index in [2.05, 4.69) is 15.6 Å². The number of pyridine rings is 1. The Bertz CT molecular complexity index is 866. The molecule has 2 aromatic rings. The summed E-state index contributed by atoms with van der Waals surface area (Å²) in [6, 6.07) is 5.80. The van der Waals surface area contributed by atoms with Crippen molar-refractivity contribution in [2.24, 2.45) is 5.92 Å². The topological polar surface area (TPSA) is 72.5 Å². The predicted octanol–water partition coefficient (Wildman–Crippen LogP) is 1.91. The normalized spacial score (nSPS) is 18.1.